The van der Waals surface area contributed by atoms with E-state index < -0.39 is 147 Å². The van der Waals surface area contributed by atoms with Gasteiger partial charge in [-0.2, -0.15) is 0 Å². The molecule has 3 rings (SSSR count). The van der Waals surface area contributed by atoms with Crippen molar-refractivity contribution >= 4 is 11.9 Å². The van der Waals surface area contributed by atoms with Crippen molar-refractivity contribution in [3.8, 4) is 0 Å². The van der Waals surface area contributed by atoms with E-state index in [0.717, 1.165) is 0 Å². The molecule has 2 bridgehead atoms. The number of carboxylic acids is 1. The number of nitrogens with two attached hydrogens (primary N) is 1. The standard InChI is InChI=1S/C47H73NO17/c1-27-17-15-13-11-9-7-5-6-8-10-12-14-16-18-34(64-46-44(58)41(48)43(57)30(4)63-46)24-38-40(45(59)60)37(54)26-47(61,65-38)25-33(51)22-36(53)35(52)20-19-31(49)21-32(50)23-39(55)62-29(3)28(2)42(27)56/h5-18,27-38,40-44,46,49-54,56-58,61H,19-26,48H2,1-4H3,(H,59,60)/b6-5+,9-7-,10-8+,13-11-,14-12+,17-15-,18-16+/t27-,28+,29-,30-,31+,32+,33-,34+,35-,36+,37+,38-,40-,41+,42-,43+,44+,46+,47+/m1/s1. The Morgan fingerprint density at radius 3 is 1.82 bits per heavy atom. The number of carboxylic acid groups (broad SMARTS) is 1. The molecule has 65 heavy (non-hydrogen) atoms. The number of allylic oxidation sites excluding steroid dienone is 12. The van der Waals surface area contributed by atoms with Gasteiger partial charge in [0.2, 0.25) is 0 Å². The van der Waals surface area contributed by atoms with E-state index in [1.807, 2.05) is 19.1 Å². The third kappa shape index (κ3) is 18.6. The molecule has 3 aliphatic rings. The smallest absolute Gasteiger partial charge is 0.311 e. The summed E-state index contributed by atoms with van der Waals surface area (Å²) in [5.41, 5.74) is 6.02. The number of fused-ring (bicyclic) bond motifs is 2. The van der Waals surface area contributed by atoms with E-state index in [2.05, 4.69) is 0 Å². The van der Waals surface area contributed by atoms with Gasteiger partial charge in [-0.1, -0.05) is 98.9 Å². The number of carbonyl (C=O) groups is 2. The van der Waals surface area contributed by atoms with Crippen LogP contribution in [0.4, 0.5) is 0 Å². The minimum Gasteiger partial charge on any atom is -0.481 e. The minimum absolute atomic E-state index is 0.107. The molecular weight excluding hydrogens is 851 g/mol. The molecule has 2 fully saturated rings. The lowest BCUT2D eigenvalue weighted by molar-refractivity contribution is -0.308. The molecule has 0 aromatic carbocycles. The maximum Gasteiger partial charge on any atom is 0.311 e. The van der Waals surface area contributed by atoms with Crippen molar-refractivity contribution in [2.75, 3.05) is 0 Å². The quantitative estimate of drug-likeness (QED) is 0.174. The van der Waals surface area contributed by atoms with Crippen molar-refractivity contribution in [3.05, 3.63) is 85.1 Å². The monoisotopic (exact) mass is 923 g/mol. The zero-order valence-corrected chi connectivity index (χ0v) is 37.6. The van der Waals surface area contributed by atoms with Gasteiger partial charge in [0.1, 0.15) is 18.1 Å². The number of hydrogen-bond donors (Lipinski definition) is 12. The second-order valence-corrected chi connectivity index (χ2v) is 17.6. The third-order valence-electron chi connectivity index (χ3n) is 12.0. The van der Waals surface area contributed by atoms with Crippen LogP contribution in [0.25, 0.3) is 0 Å². The van der Waals surface area contributed by atoms with Crippen LogP contribution in [0.5, 0.6) is 0 Å². The van der Waals surface area contributed by atoms with Gasteiger partial charge in [0.25, 0.3) is 0 Å². The molecule has 0 radical (unpaired) electrons. The Bertz CT molecular complexity index is 1670. The minimum atomic E-state index is -2.33. The van der Waals surface area contributed by atoms with Gasteiger partial charge >= 0.3 is 11.9 Å². The zero-order chi connectivity index (χ0) is 48.4. The number of aliphatic hydroxyl groups is 10. The molecule has 2 saturated heterocycles. The first-order valence-corrected chi connectivity index (χ1v) is 22.3. The van der Waals surface area contributed by atoms with Gasteiger partial charge in [0.05, 0.1) is 79.6 Å². The second kappa shape index (κ2) is 27.4. The normalized spacial score (nSPS) is 45.5. The molecule has 0 aromatic heterocycles. The maximum atomic E-state index is 12.6. The molecule has 0 aliphatic carbocycles. The molecule has 0 amide bonds. The summed E-state index contributed by atoms with van der Waals surface area (Å²) in [7, 11) is 0. The van der Waals surface area contributed by atoms with Crippen molar-refractivity contribution in [1.82, 2.24) is 0 Å². The fourth-order valence-electron chi connectivity index (χ4n) is 7.97. The number of carbonyl (C=O) groups excluding carboxylic acids is 1. The van der Waals surface area contributed by atoms with Crippen LogP contribution < -0.4 is 5.73 Å². The summed E-state index contributed by atoms with van der Waals surface area (Å²) in [6.07, 6.45) is 3.46. The molecular formula is C47H73NO17. The highest BCUT2D eigenvalue weighted by atomic mass is 16.7. The lowest BCUT2D eigenvalue weighted by atomic mass is 9.82. The Morgan fingerprint density at radius 2 is 1.23 bits per heavy atom. The van der Waals surface area contributed by atoms with E-state index in [1.165, 1.54) is 13.0 Å². The Hall–Kier alpha value is -3.44. The molecule has 368 valence electrons. The average molecular weight is 924 g/mol. The molecule has 0 aromatic rings. The van der Waals surface area contributed by atoms with E-state index in [1.54, 1.807) is 80.7 Å². The van der Waals surface area contributed by atoms with Crippen LogP contribution in [0, 0.1) is 17.8 Å². The van der Waals surface area contributed by atoms with Crippen LogP contribution >= 0.6 is 0 Å². The predicted octanol–water partition coefficient (Wildman–Crippen LogP) is 0.712. The predicted molar refractivity (Wildman–Crippen MR) is 237 cm³/mol. The van der Waals surface area contributed by atoms with Crippen molar-refractivity contribution < 1.29 is 84.7 Å². The van der Waals surface area contributed by atoms with Crippen molar-refractivity contribution in [2.45, 2.75) is 177 Å². The van der Waals surface area contributed by atoms with Crippen molar-refractivity contribution in [1.29, 1.82) is 0 Å². The Morgan fingerprint density at radius 1 is 0.662 bits per heavy atom. The Labute approximate surface area is 381 Å². The summed E-state index contributed by atoms with van der Waals surface area (Å²) in [5.74, 6) is -6.83. The average Bonchev–Trinajstić information content (AvgIpc) is 3.21. The Balaban J connectivity index is 1.86. The Kier molecular flexibility index (Phi) is 23.6. The molecule has 19 atom stereocenters. The summed E-state index contributed by atoms with van der Waals surface area (Å²) < 4.78 is 23.1. The number of hydrogen-bond acceptors (Lipinski definition) is 17. The molecule has 0 saturated carbocycles. The molecule has 18 nitrogen and oxygen atoms in total. The number of aliphatic carboxylic acids is 1. The summed E-state index contributed by atoms with van der Waals surface area (Å²) >= 11 is 0. The molecule has 0 spiro atoms. The molecule has 3 aliphatic heterocycles. The first-order chi connectivity index (χ1) is 30.6. The van der Waals surface area contributed by atoms with E-state index in [4.69, 9.17) is 24.7 Å². The largest absolute Gasteiger partial charge is 0.481 e. The summed E-state index contributed by atoms with van der Waals surface area (Å²) in [6.45, 7) is 6.74. The van der Waals surface area contributed by atoms with Gasteiger partial charge in [-0.15, -0.1) is 0 Å². The summed E-state index contributed by atoms with van der Waals surface area (Å²) in [6, 6.07) is -1.15. The lowest BCUT2D eigenvalue weighted by Crippen LogP contribution is -2.61. The van der Waals surface area contributed by atoms with Crippen LogP contribution in [0.2, 0.25) is 0 Å². The van der Waals surface area contributed by atoms with Crippen LogP contribution in [-0.4, -0.2) is 166 Å². The van der Waals surface area contributed by atoms with Crippen molar-refractivity contribution in [2.24, 2.45) is 23.5 Å². The molecule has 18 heteroatoms. The fraction of sp³-hybridized carbons (Fsp3) is 0.660. The number of ether oxygens (including phenoxy) is 4. The lowest BCUT2D eigenvalue weighted by Gasteiger charge is -2.45. The maximum absolute atomic E-state index is 12.6. The molecule has 13 N–H and O–H groups in total. The summed E-state index contributed by atoms with van der Waals surface area (Å²) in [5, 5.41) is 118. The third-order valence-corrected chi connectivity index (χ3v) is 12.0. The molecule has 3 heterocycles. The van der Waals surface area contributed by atoms with E-state index in [0.29, 0.717) is 0 Å². The highest BCUT2D eigenvalue weighted by Crippen LogP contribution is 2.38. The highest BCUT2D eigenvalue weighted by molar-refractivity contribution is 5.71. The van der Waals surface area contributed by atoms with Crippen LogP contribution in [-0.2, 0) is 28.5 Å². The van der Waals surface area contributed by atoms with Crippen LogP contribution in [0.1, 0.15) is 79.1 Å². The van der Waals surface area contributed by atoms with E-state index in [-0.39, 0.29) is 31.6 Å². The second-order valence-electron chi connectivity index (χ2n) is 17.6. The number of esters is 1. The molecule has 0 unspecified atom stereocenters. The van der Waals surface area contributed by atoms with Gasteiger partial charge in [-0.05, 0) is 33.1 Å². The van der Waals surface area contributed by atoms with Gasteiger partial charge in [0.15, 0.2) is 12.1 Å². The first kappa shape index (κ1) is 55.9. The van der Waals surface area contributed by atoms with Crippen LogP contribution in [0.15, 0.2) is 85.1 Å². The van der Waals surface area contributed by atoms with Gasteiger partial charge in [0, 0.05) is 37.5 Å². The number of cyclic esters (lactones) is 1. The number of aliphatic hydroxyl groups excluding tert-OH is 9. The van der Waals surface area contributed by atoms with Crippen LogP contribution in [0.3, 0.4) is 0 Å². The topological polar surface area (TPSA) is 320 Å². The fourth-order valence-corrected chi connectivity index (χ4v) is 7.97. The number of rotatable bonds is 3. The van der Waals surface area contributed by atoms with Gasteiger partial charge < -0.3 is 80.9 Å². The SMILES string of the molecule is C[C@@H]1[C@H](O)[C@H](C)\C=C/C=C\C=C/C=C/C=C/C=C/C=C/[C@H](O[C@@H]2O[C@H](C)[C@H](O)[C@H](N)[C@@H]2O)C[C@H]2O[C@@](O)(C[C@H](O)C[C@H](O)[C@H](O)CC[C@H](O)C[C@H](O)CC(=O)O[C@@H]1C)C[C@H](O)[C@H]2C(=O)O. The van der Waals surface area contributed by atoms with E-state index >= 15 is 0 Å². The highest BCUT2D eigenvalue weighted by Gasteiger charge is 2.51. The first-order valence-electron chi connectivity index (χ1n) is 22.3. The van der Waals surface area contributed by atoms with Gasteiger partial charge in [-0.3, -0.25) is 9.59 Å². The van der Waals surface area contributed by atoms with E-state index in [9.17, 15) is 65.8 Å². The summed E-state index contributed by atoms with van der Waals surface area (Å²) in [4.78, 5) is 25.1. The van der Waals surface area contributed by atoms with Crippen molar-refractivity contribution in [3.63, 3.8) is 0 Å². The van der Waals surface area contributed by atoms with Gasteiger partial charge in [-0.25, -0.2) is 0 Å². The zero-order valence-electron chi connectivity index (χ0n) is 37.6.